The summed E-state index contributed by atoms with van der Waals surface area (Å²) in [5.74, 6) is 0.801. The van der Waals surface area contributed by atoms with Crippen LogP contribution in [-0.4, -0.2) is 17.2 Å². The zero-order valence-electron chi connectivity index (χ0n) is 7.13. The number of hydrogen-bond acceptors (Lipinski definition) is 2. The molecule has 2 nitrogen and oxygen atoms in total. The number of carbonyl (C=O) groups excluding carboxylic acids is 1. The van der Waals surface area contributed by atoms with Crippen LogP contribution < -0.4 is 0 Å². The first kappa shape index (κ1) is 9.52. The monoisotopic (exact) mass is 230 g/mol. The van der Waals surface area contributed by atoms with Gasteiger partial charge in [-0.25, -0.2) is 0 Å². The van der Waals surface area contributed by atoms with Crippen molar-refractivity contribution in [3.05, 3.63) is 23.5 Å². The lowest BCUT2D eigenvalue weighted by molar-refractivity contribution is -0.117. The van der Waals surface area contributed by atoms with Crippen LogP contribution in [0.15, 0.2) is 23.5 Å². The topological polar surface area (TPSA) is 26.3 Å². The Kier molecular flexibility index (Phi) is 3.09. The fourth-order valence-corrected chi connectivity index (χ4v) is 1.51. The summed E-state index contributed by atoms with van der Waals surface area (Å²) >= 11 is 3.25. The van der Waals surface area contributed by atoms with E-state index in [4.69, 9.17) is 4.74 Å². The molecule has 0 bridgehead atoms. The molecule has 1 aliphatic heterocycles. The highest BCUT2D eigenvalue weighted by molar-refractivity contribution is 9.10. The Morgan fingerprint density at radius 2 is 2.17 bits per heavy atom. The Bertz CT molecular complexity index is 253. The Labute approximate surface area is 80.4 Å². The van der Waals surface area contributed by atoms with Crippen molar-refractivity contribution in [2.75, 3.05) is 6.61 Å². The molecule has 1 unspecified atom stereocenters. The SMILES string of the molecule is C/C=C1/OCC(Br)C(=O)/C1=C/C. The molecule has 1 saturated heterocycles. The first-order valence-electron chi connectivity index (χ1n) is 3.84. The second-order valence-corrected chi connectivity index (χ2v) is 3.60. The largest absolute Gasteiger partial charge is 0.492 e. The van der Waals surface area contributed by atoms with Gasteiger partial charge in [0.25, 0.3) is 0 Å². The van der Waals surface area contributed by atoms with Gasteiger partial charge in [0.2, 0.25) is 0 Å². The van der Waals surface area contributed by atoms with E-state index in [2.05, 4.69) is 15.9 Å². The van der Waals surface area contributed by atoms with Crippen molar-refractivity contribution in [1.82, 2.24) is 0 Å². The van der Waals surface area contributed by atoms with Gasteiger partial charge in [-0.05, 0) is 19.9 Å². The standard InChI is InChI=1S/C9H11BrO2/c1-3-6-8(4-2)12-5-7(10)9(6)11/h3-4,7H,5H2,1-2H3/b6-3+,8-4+. The van der Waals surface area contributed by atoms with Crippen molar-refractivity contribution in [3.63, 3.8) is 0 Å². The fraction of sp³-hybridized carbons (Fsp3) is 0.444. The molecule has 1 rings (SSSR count). The number of allylic oxidation sites excluding steroid dienone is 3. The molecule has 0 aromatic carbocycles. The van der Waals surface area contributed by atoms with Gasteiger partial charge in [-0.2, -0.15) is 0 Å². The highest BCUT2D eigenvalue weighted by Gasteiger charge is 2.27. The van der Waals surface area contributed by atoms with E-state index in [0.29, 0.717) is 17.9 Å². The van der Waals surface area contributed by atoms with E-state index in [-0.39, 0.29) is 10.6 Å². The summed E-state index contributed by atoms with van der Waals surface area (Å²) in [5, 5.41) is 0. The molecule has 0 amide bonds. The van der Waals surface area contributed by atoms with Crippen LogP contribution in [0.25, 0.3) is 0 Å². The number of halogens is 1. The minimum absolute atomic E-state index is 0.108. The quantitative estimate of drug-likeness (QED) is 0.472. The first-order valence-corrected chi connectivity index (χ1v) is 4.76. The minimum Gasteiger partial charge on any atom is -0.492 e. The zero-order valence-corrected chi connectivity index (χ0v) is 8.72. The lowest BCUT2D eigenvalue weighted by atomic mass is 10.0. The maximum Gasteiger partial charge on any atom is 0.183 e. The molecule has 12 heavy (non-hydrogen) atoms. The third-order valence-electron chi connectivity index (χ3n) is 1.75. The Hall–Kier alpha value is -0.570. The second kappa shape index (κ2) is 3.90. The summed E-state index contributed by atoms with van der Waals surface area (Å²) in [5.41, 5.74) is 0.672. The summed E-state index contributed by atoms with van der Waals surface area (Å²) in [4.78, 5) is 11.3. The molecule has 0 radical (unpaired) electrons. The second-order valence-electron chi connectivity index (χ2n) is 2.50. The van der Waals surface area contributed by atoms with E-state index in [1.54, 1.807) is 6.08 Å². The first-order chi connectivity index (χ1) is 5.70. The Balaban J connectivity index is 2.95. The van der Waals surface area contributed by atoms with Gasteiger partial charge in [0.15, 0.2) is 5.78 Å². The van der Waals surface area contributed by atoms with Crippen LogP contribution in [0.4, 0.5) is 0 Å². The molecule has 0 spiro atoms. The Morgan fingerprint density at radius 1 is 1.50 bits per heavy atom. The minimum atomic E-state index is -0.188. The summed E-state index contributed by atoms with van der Waals surface area (Å²) in [6.07, 6.45) is 3.59. The van der Waals surface area contributed by atoms with Crippen LogP contribution in [0.2, 0.25) is 0 Å². The smallest absolute Gasteiger partial charge is 0.183 e. The predicted octanol–water partition coefficient (Wildman–Crippen LogP) is 2.20. The molecular formula is C9H11BrO2. The molecule has 0 N–H and O–H groups in total. The van der Waals surface area contributed by atoms with E-state index in [1.165, 1.54) is 0 Å². The zero-order chi connectivity index (χ0) is 9.14. The molecule has 0 aromatic rings. The molecule has 1 aliphatic rings. The molecule has 66 valence electrons. The number of carbonyl (C=O) groups is 1. The number of rotatable bonds is 0. The maximum absolute atomic E-state index is 11.5. The number of alkyl halides is 1. The van der Waals surface area contributed by atoms with Crippen LogP contribution in [-0.2, 0) is 9.53 Å². The molecule has 0 aliphatic carbocycles. The van der Waals surface area contributed by atoms with Gasteiger partial charge in [-0.15, -0.1) is 0 Å². The number of ketones is 1. The average molecular weight is 231 g/mol. The third kappa shape index (κ3) is 1.61. The van der Waals surface area contributed by atoms with Crippen molar-refractivity contribution in [3.8, 4) is 0 Å². The molecule has 0 aromatic heterocycles. The average Bonchev–Trinajstić information content (AvgIpc) is 2.09. The summed E-state index contributed by atoms with van der Waals surface area (Å²) in [7, 11) is 0. The predicted molar refractivity (Wildman–Crippen MR) is 51.2 cm³/mol. The van der Waals surface area contributed by atoms with Crippen molar-refractivity contribution in [1.29, 1.82) is 0 Å². The lowest BCUT2D eigenvalue weighted by Gasteiger charge is -2.21. The van der Waals surface area contributed by atoms with Gasteiger partial charge in [0, 0.05) is 0 Å². The fourth-order valence-electron chi connectivity index (χ4n) is 1.13. The van der Waals surface area contributed by atoms with Crippen LogP contribution >= 0.6 is 15.9 Å². The molecule has 0 saturated carbocycles. The molecule has 1 fully saturated rings. The van der Waals surface area contributed by atoms with Crippen LogP contribution in [0.1, 0.15) is 13.8 Å². The van der Waals surface area contributed by atoms with Gasteiger partial charge in [-0.1, -0.05) is 22.0 Å². The number of ether oxygens (including phenoxy) is 1. The number of Topliss-reactive ketones (excluding diaryl/α,β-unsaturated/α-hetero) is 1. The summed E-state index contributed by atoms with van der Waals surface area (Å²) in [6, 6.07) is 0. The van der Waals surface area contributed by atoms with Crippen molar-refractivity contribution in [2.24, 2.45) is 0 Å². The molecular weight excluding hydrogens is 220 g/mol. The van der Waals surface area contributed by atoms with Gasteiger partial charge >= 0.3 is 0 Å². The highest BCUT2D eigenvalue weighted by atomic mass is 79.9. The molecule has 3 heteroatoms. The van der Waals surface area contributed by atoms with Crippen molar-refractivity contribution < 1.29 is 9.53 Å². The maximum atomic E-state index is 11.5. The lowest BCUT2D eigenvalue weighted by Crippen LogP contribution is -2.28. The number of hydrogen-bond donors (Lipinski definition) is 0. The van der Waals surface area contributed by atoms with E-state index < -0.39 is 0 Å². The molecule has 1 atom stereocenters. The van der Waals surface area contributed by atoms with E-state index >= 15 is 0 Å². The van der Waals surface area contributed by atoms with Crippen LogP contribution in [0, 0.1) is 0 Å². The van der Waals surface area contributed by atoms with Crippen LogP contribution in [0.5, 0.6) is 0 Å². The highest BCUT2D eigenvalue weighted by Crippen LogP contribution is 2.24. The van der Waals surface area contributed by atoms with E-state index in [0.717, 1.165) is 0 Å². The van der Waals surface area contributed by atoms with Gasteiger partial charge in [0.05, 0.1) is 5.57 Å². The van der Waals surface area contributed by atoms with Gasteiger partial charge in [0.1, 0.15) is 17.2 Å². The molecule has 1 heterocycles. The van der Waals surface area contributed by atoms with Crippen molar-refractivity contribution >= 4 is 21.7 Å². The summed E-state index contributed by atoms with van der Waals surface area (Å²) in [6.45, 7) is 4.13. The van der Waals surface area contributed by atoms with Crippen LogP contribution in [0.3, 0.4) is 0 Å². The Morgan fingerprint density at radius 3 is 2.67 bits per heavy atom. The summed E-state index contributed by atoms with van der Waals surface area (Å²) < 4.78 is 5.34. The third-order valence-corrected chi connectivity index (χ3v) is 2.43. The van der Waals surface area contributed by atoms with E-state index in [1.807, 2.05) is 19.9 Å². The normalized spacial score (nSPS) is 30.9. The van der Waals surface area contributed by atoms with E-state index in [9.17, 15) is 4.79 Å². The van der Waals surface area contributed by atoms with Gasteiger partial charge < -0.3 is 4.74 Å². The van der Waals surface area contributed by atoms with Gasteiger partial charge in [-0.3, -0.25) is 4.79 Å². The van der Waals surface area contributed by atoms with Crippen molar-refractivity contribution in [2.45, 2.75) is 18.7 Å².